The minimum absolute atomic E-state index is 0. The molecule has 7 heteroatoms. The maximum absolute atomic E-state index is 11.2. The number of hydrogen-bond acceptors (Lipinski definition) is 4. The second-order valence-corrected chi connectivity index (χ2v) is 2.55. The standard InChI is InChI=1S/C9H9NO4.2Li/c11-7-4-2-1-3-6(7)9(14)10-5-8(12)13;;/h1-4,11H,5H2,(H,10,14)(H,12,13);;/q;2*+1/p-2. The first-order valence-corrected chi connectivity index (χ1v) is 3.85. The average molecular weight is 207 g/mol. The molecule has 0 aromatic heterocycles. The molecule has 1 amide bonds. The Hall–Kier alpha value is -0.845. The molecular formula is C9H7Li2NO4. The Morgan fingerprint density at radius 3 is 2.25 bits per heavy atom. The van der Waals surface area contributed by atoms with Crippen LogP contribution in [-0.2, 0) is 4.79 Å². The fourth-order valence-corrected chi connectivity index (χ4v) is 0.902. The molecule has 0 aliphatic rings. The molecule has 16 heavy (non-hydrogen) atoms. The number of carboxylic acid groups (broad SMARTS) is 1. The van der Waals surface area contributed by atoms with Crippen LogP contribution in [0.5, 0.6) is 5.75 Å². The van der Waals surface area contributed by atoms with E-state index in [1.165, 1.54) is 24.3 Å². The van der Waals surface area contributed by atoms with Gasteiger partial charge in [0, 0.05) is 5.56 Å². The summed E-state index contributed by atoms with van der Waals surface area (Å²) >= 11 is 0. The van der Waals surface area contributed by atoms with Crippen LogP contribution in [-0.4, -0.2) is 18.4 Å². The molecule has 0 heterocycles. The fourth-order valence-electron chi connectivity index (χ4n) is 0.902. The van der Waals surface area contributed by atoms with Crippen molar-refractivity contribution >= 4 is 11.9 Å². The number of aliphatic carboxylic acids is 1. The van der Waals surface area contributed by atoms with Crippen LogP contribution in [0.1, 0.15) is 10.4 Å². The molecule has 74 valence electrons. The van der Waals surface area contributed by atoms with Crippen molar-refractivity contribution in [3.8, 4) is 5.75 Å². The third-order valence-corrected chi connectivity index (χ3v) is 1.52. The van der Waals surface area contributed by atoms with Crippen LogP contribution in [0.4, 0.5) is 0 Å². The third kappa shape index (κ3) is 5.30. The zero-order valence-corrected chi connectivity index (χ0v) is 9.15. The maximum Gasteiger partial charge on any atom is 1.00 e. The second kappa shape index (κ2) is 8.32. The van der Waals surface area contributed by atoms with Gasteiger partial charge in [0.05, 0.1) is 12.5 Å². The molecule has 1 N–H and O–H groups in total. The molecule has 0 unspecified atom stereocenters. The summed E-state index contributed by atoms with van der Waals surface area (Å²) in [5, 5.41) is 23.1. The van der Waals surface area contributed by atoms with Gasteiger partial charge in [0.1, 0.15) is 0 Å². The molecule has 0 aliphatic heterocycles. The summed E-state index contributed by atoms with van der Waals surface area (Å²) in [5.74, 6) is -2.55. The third-order valence-electron chi connectivity index (χ3n) is 1.52. The van der Waals surface area contributed by atoms with E-state index in [0.29, 0.717) is 0 Å². The molecule has 0 fully saturated rings. The molecule has 1 aromatic rings. The van der Waals surface area contributed by atoms with E-state index in [4.69, 9.17) is 0 Å². The van der Waals surface area contributed by atoms with Crippen molar-refractivity contribution in [3.05, 3.63) is 29.8 Å². The van der Waals surface area contributed by atoms with E-state index in [0.717, 1.165) is 0 Å². The Morgan fingerprint density at radius 1 is 1.19 bits per heavy atom. The number of benzene rings is 1. The molecule has 0 bridgehead atoms. The first-order valence-electron chi connectivity index (χ1n) is 3.85. The van der Waals surface area contributed by atoms with Gasteiger partial charge in [-0.1, -0.05) is 30.0 Å². The number of para-hydroxylation sites is 1. The Balaban J connectivity index is 0. The predicted octanol–water partition coefficient (Wildman–Crippen LogP) is -7.75. The topological polar surface area (TPSA) is 92.3 Å². The zero-order valence-electron chi connectivity index (χ0n) is 9.15. The first kappa shape index (κ1) is 17.5. The summed E-state index contributed by atoms with van der Waals surface area (Å²) in [4.78, 5) is 21.2. The number of carbonyl (C=O) groups is 2. The van der Waals surface area contributed by atoms with Gasteiger partial charge in [-0.3, -0.25) is 4.79 Å². The molecule has 0 radical (unpaired) electrons. The van der Waals surface area contributed by atoms with Gasteiger partial charge in [0.25, 0.3) is 5.91 Å². The summed E-state index contributed by atoms with van der Waals surface area (Å²) in [7, 11) is 0. The minimum atomic E-state index is -1.40. The average Bonchev–Trinajstić information content (AvgIpc) is 2.15. The van der Waals surface area contributed by atoms with Crippen molar-refractivity contribution in [1.29, 1.82) is 0 Å². The molecular weight excluding hydrogens is 200 g/mol. The predicted molar refractivity (Wildman–Crippen MR) is 43.2 cm³/mol. The molecule has 0 atom stereocenters. The summed E-state index contributed by atoms with van der Waals surface area (Å²) in [5.41, 5.74) is -0.0752. The van der Waals surface area contributed by atoms with E-state index < -0.39 is 24.2 Å². The van der Waals surface area contributed by atoms with Crippen LogP contribution >= 0.6 is 0 Å². The molecule has 1 rings (SSSR count). The van der Waals surface area contributed by atoms with Crippen LogP contribution in [0.25, 0.3) is 0 Å². The van der Waals surface area contributed by atoms with Gasteiger partial charge in [-0.05, 0) is 0 Å². The maximum atomic E-state index is 11.2. The van der Waals surface area contributed by atoms with Crippen molar-refractivity contribution in [1.82, 2.24) is 5.32 Å². The monoisotopic (exact) mass is 207 g/mol. The van der Waals surface area contributed by atoms with Crippen molar-refractivity contribution in [2.45, 2.75) is 0 Å². The van der Waals surface area contributed by atoms with Crippen LogP contribution in [0.15, 0.2) is 24.3 Å². The van der Waals surface area contributed by atoms with Crippen LogP contribution < -0.4 is 53.3 Å². The molecule has 0 aliphatic carbocycles. The SMILES string of the molecule is O=C([O-])CNC(=O)c1ccccc1[O-].[Li+].[Li+]. The Bertz CT molecular complexity index is 370. The van der Waals surface area contributed by atoms with E-state index in [9.17, 15) is 19.8 Å². The number of carbonyl (C=O) groups excluding carboxylic acids is 2. The van der Waals surface area contributed by atoms with Crippen molar-refractivity contribution in [2.75, 3.05) is 6.54 Å². The van der Waals surface area contributed by atoms with E-state index in [-0.39, 0.29) is 43.3 Å². The largest absolute Gasteiger partial charge is 1.00 e. The van der Waals surface area contributed by atoms with Gasteiger partial charge in [-0.2, -0.15) is 0 Å². The fraction of sp³-hybridized carbons (Fsp3) is 0.111. The Morgan fingerprint density at radius 2 is 1.75 bits per heavy atom. The summed E-state index contributed by atoms with van der Waals surface area (Å²) in [6.45, 7) is -0.604. The summed E-state index contributed by atoms with van der Waals surface area (Å²) in [6, 6.07) is 5.58. The molecule has 0 saturated heterocycles. The second-order valence-electron chi connectivity index (χ2n) is 2.55. The van der Waals surface area contributed by atoms with Crippen molar-refractivity contribution in [2.24, 2.45) is 0 Å². The van der Waals surface area contributed by atoms with Gasteiger partial charge < -0.3 is 20.3 Å². The molecule has 5 nitrogen and oxygen atoms in total. The van der Waals surface area contributed by atoms with E-state index in [1.807, 2.05) is 5.32 Å². The van der Waals surface area contributed by atoms with E-state index >= 15 is 0 Å². The number of hydrogen-bond donors (Lipinski definition) is 1. The number of carboxylic acids is 1. The minimum Gasteiger partial charge on any atom is -0.872 e. The van der Waals surface area contributed by atoms with E-state index in [2.05, 4.69) is 0 Å². The van der Waals surface area contributed by atoms with Gasteiger partial charge in [-0.25, -0.2) is 0 Å². The van der Waals surface area contributed by atoms with Crippen LogP contribution in [0, 0.1) is 0 Å². The Kier molecular flexibility index (Phi) is 9.13. The van der Waals surface area contributed by atoms with Gasteiger partial charge in [0.2, 0.25) is 0 Å². The quantitative estimate of drug-likeness (QED) is 0.498. The van der Waals surface area contributed by atoms with Crippen LogP contribution in [0.2, 0.25) is 0 Å². The first-order chi connectivity index (χ1) is 6.61. The van der Waals surface area contributed by atoms with Gasteiger partial charge in [-0.15, -0.1) is 0 Å². The smallest absolute Gasteiger partial charge is 0.872 e. The molecule has 0 spiro atoms. The number of nitrogens with one attached hydrogen (secondary N) is 1. The molecule has 0 saturated carbocycles. The van der Waals surface area contributed by atoms with Crippen LogP contribution in [0.3, 0.4) is 0 Å². The number of amides is 1. The van der Waals surface area contributed by atoms with Crippen molar-refractivity contribution in [3.63, 3.8) is 0 Å². The van der Waals surface area contributed by atoms with E-state index in [1.54, 1.807) is 0 Å². The van der Waals surface area contributed by atoms with Gasteiger partial charge >= 0.3 is 37.7 Å². The zero-order chi connectivity index (χ0) is 10.6. The van der Waals surface area contributed by atoms with Gasteiger partial charge in [0.15, 0.2) is 0 Å². The van der Waals surface area contributed by atoms with Crippen molar-refractivity contribution < 1.29 is 57.5 Å². The molecule has 1 aromatic carbocycles. The Labute approximate surface area is 117 Å². The number of rotatable bonds is 3. The normalized spacial score (nSPS) is 8.25. The summed E-state index contributed by atoms with van der Waals surface area (Å²) in [6.07, 6.45) is 0. The summed E-state index contributed by atoms with van der Waals surface area (Å²) < 4.78 is 0.